The van der Waals surface area contributed by atoms with Crippen LogP contribution in [0.5, 0.6) is 0 Å². The Kier molecular flexibility index (Phi) is 5.46. The van der Waals surface area contributed by atoms with Gasteiger partial charge in [-0.05, 0) is 12.1 Å². The minimum atomic E-state index is -1.22. The molecule has 0 bridgehead atoms. The number of nitrogens with one attached hydrogen (secondary N) is 2. The molecule has 0 unspecified atom stereocenters. The van der Waals surface area contributed by atoms with E-state index in [0.717, 1.165) is 0 Å². The molecular formula is C17H16N2O4. The summed E-state index contributed by atoms with van der Waals surface area (Å²) in [6.07, 6.45) is -1.22. The van der Waals surface area contributed by atoms with Gasteiger partial charge in [0, 0.05) is 12.6 Å². The number of urea groups is 1. The molecule has 6 nitrogen and oxygen atoms in total. The van der Waals surface area contributed by atoms with Crippen LogP contribution in [0.3, 0.4) is 0 Å². The van der Waals surface area contributed by atoms with Crippen LogP contribution in [-0.4, -0.2) is 25.0 Å². The largest absolute Gasteiger partial charge is 0.444 e. The Hall–Kier alpha value is -3.15. The van der Waals surface area contributed by atoms with Gasteiger partial charge in [0.05, 0.1) is 5.56 Å². The highest BCUT2D eigenvalue weighted by Crippen LogP contribution is 2.19. The average Bonchev–Trinajstić information content (AvgIpc) is 2.60. The maximum absolute atomic E-state index is 12.2. The predicted molar refractivity (Wildman–Crippen MR) is 83.6 cm³/mol. The van der Waals surface area contributed by atoms with Crippen molar-refractivity contribution in [1.29, 1.82) is 0 Å². The van der Waals surface area contributed by atoms with Crippen LogP contribution >= 0.6 is 0 Å². The molecule has 0 spiro atoms. The molecule has 0 radical (unpaired) electrons. The zero-order valence-electron chi connectivity index (χ0n) is 12.5. The van der Waals surface area contributed by atoms with Gasteiger partial charge in [0.25, 0.3) is 5.91 Å². The van der Waals surface area contributed by atoms with Gasteiger partial charge in [0.2, 0.25) is 6.10 Å². The summed E-state index contributed by atoms with van der Waals surface area (Å²) in [5.74, 6) is -1.37. The van der Waals surface area contributed by atoms with E-state index in [2.05, 4.69) is 10.6 Å². The number of imide groups is 1. The van der Waals surface area contributed by atoms with Crippen LogP contribution in [0, 0.1) is 0 Å². The summed E-state index contributed by atoms with van der Waals surface area (Å²) in [4.78, 5) is 35.7. The van der Waals surface area contributed by atoms with Crippen LogP contribution in [0.15, 0.2) is 60.7 Å². The third-order valence-corrected chi connectivity index (χ3v) is 3.04. The van der Waals surface area contributed by atoms with Crippen molar-refractivity contribution in [2.75, 3.05) is 7.05 Å². The third kappa shape index (κ3) is 4.41. The van der Waals surface area contributed by atoms with Crippen molar-refractivity contribution in [3.8, 4) is 0 Å². The van der Waals surface area contributed by atoms with Gasteiger partial charge in [-0.25, -0.2) is 9.59 Å². The Morgan fingerprint density at radius 3 is 2.04 bits per heavy atom. The second-order valence-corrected chi connectivity index (χ2v) is 4.63. The lowest BCUT2D eigenvalue weighted by Gasteiger charge is -2.17. The number of carbonyl (C=O) groups excluding carboxylic acids is 3. The summed E-state index contributed by atoms with van der Waals surface area (Å²) >= 11 is 0. The summed E-state index contributed by atoms with van der Waals surface area (Å²) in [5, 5.41) is 4.39. The molecule has 0 fully saturated rings. The van der Waals surface area contributed by atoms with E-state index >= 15 is 0 Å². The number of ether oxygens (including phenoxy) is 1. The molecule has 3 amide bonds. The van der Waals surface area contributed by atoms with Gasteiger partial charge in [0.1, 0.15) is 0 Å². The lowest BCUT2D eigenvalue weighted by atomic mass is 10.1. The average molecular weight is 312 g/mol. The quantitative estimate of drug-likeness (QED) is 0.846. The van der Waals surface area contributed by atoms with Crippen LogP contribution in [0.1, 0.15) is 22.0 Å². The lowest BCUT2D eigenvalue weighted by Crippen LogP contribution is -2.41. The SMILES string of the molecule is CNC(=O)NC(=O)[C@@H](OC(=O)c1ccccc1)c1ccccc1. The molecule has 23 heavy (non-hydrogen) atoms. The molecule has 2 aromatic carbocycles. The number of hydrogen-bond acceptors (Lipinski definition) is 4. The van der Waals surface area contributed by atoms with Crippen molar-refractivity contribution < 1.29 is 19.1 Å². The van der Waals surface area contributed by atoms with E-state index in [0.29, 0.717) is 11.1 Å². The Morgan fingerprint density at radius 2 is 1.48 bits per heavy atom. The maximum atomic E-state index is 12.2. The van der Waals surface area contributed by atoms with E-state index in [-0.39, 0.29) is 0 Å². The minimum Gasteiger partial charge on any atom is -0.444 e. The zero-order valence-corrected chi connectivity index (χ0v) is 12.5. The van der Waals surface area contributed by atoms with E-state index in [1.807, 2.05) is 0 Å². The standard InChI is InChI=1S/C17H16N2O4/c1-18-17(22)19-15(20)14(12-8-4-2-5-9-12)23-16(21)13-10-6-3-7-11-13/h2-11,14H,1H3,(H2,18,19,20,22)/t14-/m0/s1. The first kappa shape index (κ1) is 16.2. The topological polar surface area (TPSA) is 84.5 Å². The molecule has 0 saturated heterocycles. The normalized spacial score (nSPS) is 11.2. The van der Waals surface area contributed by atoms with E-state index in [1.165, 1.54) is 7.05 Å². The molecule has 0 aliphatic rings. The van der Waals surface area contributed by atoms with E-state index in [4.69, 9.17) is 4.74 Å². The fourth-order valence-corrected chi connectivity index (χ4v) is 1.89. The smallest absolute Gasteiger partial charge is 0.339 e. The van der Waals surface area contributed by atoms with Crippen LogP contribution < -0.4 is 10.6 Å². The molecule has 2 N–H and O–H groups in total. The van der Waals surface area contributed by atoms with Crippen molar-refractivity contribution in [1.82, 2.24) is 10.6 Å². The van der Waals surface area contributed by atoms with Crippen LogP contribution in [0.2, 0.25) is 0 Å². The highest BCUT2D eigenvalue weighted by Gasteiger charge is 2.26. The van der Waals surface area contributed by atoms with Gasteiger partial charge in [-0.3, -0.25) is 10.1 Å². The van der Waals surface area contributed by atoms with E-state index < -0.39 is 24.0 Å². The Bertz CT molecular complexity index is 686. The molecule has 6 heteroatoms. The first-order chi connectivity index (χ1) is 11.1. The fraction of sp³-hybridized carbons (Fsp3) is 0.118. The Labute approximate surface area is 133 Å². The Balaban J connectivity index is 2.22. The van der Waals surface area contributed by atoms with Gasteiger partial charge in [-0.15, -0.1) is 0 Å². The first-order valence-corrected chi connectivity index (χ1v) is 6.95. The van der Waals surface area contributed by atoms with E-state index in [1.54, 1.807) is 60.7 Å². The summed E-state index contributed by atoms with van der Waals surface area (Å²) < 4.78 is 5.30. The minimum absolute atomic E-state index is 0.321. The summed E-state index contributed by atoms with van der Waals surface area (Å²) in [6, 6.07) is 16.1. The molecule has 118 valence electrons. The van der Waals surface area contributed by atoms with Gasteiger partial charge in [-0.2, -0.15) is 0 Å². The number of esters is 1. The van der Waals surface area contributed by atoms with Gasteiger partial charge in [0.15, 0.2) is 0 Å². The second-order valence-electron chi connectivity index (χ2n) is 4.63. The molecule has 0 heterocycles. The number of rotatable bonds is 4. The van der Waals surface area contributed by atoms with Crippen molar-refractivity contribution >= 4 is 17.9 Å². The van der Waals surface area contributed by atoms with Crippen molar-refractivity contribution in [3.05, 3.63) is 71.8 Å². The van der Waals surface area contributed by atoms with Gasteiger partial charge in [-0.1, -0.05) is 48.5 Å². The highest BCUT2D eigenvalue weighted by molar-refractivity contribution is 5.99. The molecule has 0 aliphatic carbocycles. The van der Waals surface area contributed by atoms with Crippen molar-refractivity contribution in [3.63, 3.8) is 0 Å². The monoisotopic (exact) mass is 312 g/mol. The molecule has 0 saturated carbocycles. The summed E-state index contributed by atoms with van der Waals surface area (Å²) in [6.45, 7) is 0. The number of benzene rings is 2. The molecule has 2 rings (SSSR count). The number of amides is 3. The first-order valence-electron chi connectivity index (χ1n) is 6.95. The molecule has 0 aromatic heterocycles. The molecule has 1 atom stereocenters. The molecular weight excluding hydrogens is 296 g/mol. The third-order valence-electron chi connectivity index (χ3n) is 3.04. The molecule has 2 aromatic rings. The van der Waals surface area contributed by atoms with Crippen molar-refractivity contribution in [2.24, 2.45) is 0 Å². The van der Waals surface area contributed by atoms with Crippen LogP contribution in [0.4, 0.5) is 4.79 Å². The summed E-state index contributed by atoms with van der Waals surface area (Å²) in [5.41, 5.74) is 0.791. The van der Waals surface area contributed by atoms with Gasteiger partial charge < -0.3 is 10.1 Å². The van der Waals surface area contributed by atoms with Gasteiger partial charge >= 0.3 is 12.0 Å². The summed E-state index contributed by atoms with van der Waals surface area (Å²) in [7, 11) is 1.39. The maximum Gasteiger partial charge on any atom is 0.339 e. The second kappa shape index (κ2) is 7.74. The molecule has 0 aliphatic heterocycles. The number of carbonyl (C=O) groups is 3. The van der Waals surface area contributed by atoms with Crippen LogP contribution in [0.25, 0.3) is 0 Å². The van der Waals surface area contributed by atoms with Crippen LogP contribution in [-0.2, 0) is 9.53 Å². The zero-order chi connectivity index (χ0) is 16.7. The lowest BCUT2D eigenvalue weighted by molar-refractivity contribution is -0.129. The Morgan fingerprint density at radius 1 is 0.913 bits per heavy atom. The van der Waals surface area contributed by atoms with Crippen molar-refractivity contribution in [2.45, 2.75) is 6.10 Å². The number of hydrogen-bond donors (Lipinski definition) is 2. The predicted octanol–water partition coefficient (Wildman–Crippen LogP) is 2.04. The fourth-order valence-electron chi connectivity index (χ4n) is 1.89. The van der Waals surface area contributed by atoms with E-state index in [9.17, 15) is 14.4 Å². The highest BCUT2D eigenvalue weighted by atomic mass is 16.5.